The van der Waals surface area contributed by atoms with Gasteiger partial charge in [0.1, 0.15) is 0 Å². The Morgan fingerprint density at radius 3 is 2.75 bits per heavy atom. The van der Waals surface area contributed by atoms with Gasteiger partial charge < -0.3 is 10.4 Å². The molecule has 1 aliphatic heterocycles. The molecule has 0 aliphatic carbocycles. The van der Waals surface area contributed by atoms with E-state index in [1.807, 2.05) is 11.8 Å². The molecule has 1 unspecified atom stereocenters. The van der Waals surface area contributed by atoms with E-state index in [1.165, 1.54) is 0 Å². The van der Waals surface area contributed by atoms with Gasteiger partial charge in [-0.1, -0.05) is 13.3 Å². The Balaban J connectivity index is 2.19. The standard InChI is InChI=1S/C13H23N3O4/c1-2-3-5-14-13(20)15-11(17)9-16-6-4-10(8-16)7-12(18)19/h10H,2-9H2,1H3,(H,18,19)(H2,14,15,17,20). The first-order valence-electron chi connectivity index (χ1n) is 7.03. The van der Waals surface area contributed by atoms with Crippen LogP contribution in [0.5, 0.6) is 0 Å². The molecule has 0 aromatic rings. The number of unbranched alkanes of at least 4 members (excludes halogenated alkanes) is 1. The molecule has 0 saturated carbocycles. The summed E-state index contributed by atoms with van der Waals surface area (Å²) in [6, 6.07) is -0.468. The highest BCUT2D eigenvalue weighted by molar-refractivity contribution is 5.95. The van der Waals surface area contributed by atoms with Crippen LogP contribution in [0, 0.1) is 5.92 Å². The molecule has 0 bridgehead atoms. The molecule has 1 saturated heterocycles. The maximum Gasteiger partial charge on any atom is 0.321 e. The zero-order valence-electron chi connectivity index (χ0n) is 11.9. The fraction of sp³-hybridized carbons (Fsp3) is 0.769. The molecule has 7 heteroatoms. The predicted octanol–water partition coefficient (Wildman–Crippen LogP) is 0.409. The Bertz CT molecular complexity index is 360. The van der Waals surface area contributed by atoms with E-state index in [0.717, 1.165) is 19.3 Å². The van der Waals surface area contributed by atoms with Crippen molar-refractivity contribution >= 4 is 17.9 Å². The Kier molecular flexibility index (Phi) is 7.00. The minimum Gasteiger partial charge on any atom is -0.481 e. The van der Waals surface area contributed by atoms with Crippen LogP contribution in [0.15, 0.2) is 0 Å². The largest absolute Gasteiger partial charge is 0.481 e. The highest BCUT2D eigenvalue weighted by atomic mass is 16.4. The molecule has 7 nitrogen and oxygen atoms in total. The molecule has 3 N–H and O–H groups in total. The molecule has 0 aromatic carbocycles. The highest BCUT2D eigenvalue weighted by Gasteiger charge is 2.25. The van der Waals surface area contributed by atoms with Crippen molar-refractivity contribution in [2.24, 2.45) is 5.92 Å². The summed E-state index contributed by atoms with van der Waals surface area (Å²) in [5.41, 5.74) is 0. The van der Waals surface area contributed by atoms with Gasteiger partial charge in [-0.2, -0.15) is 0 Å². The van der Waals surface area contributed by atoms with Gasteiger partial charge in [0.05, 0.1) is 6.54 Å². The van der Waals surface area contributed by atoms with Gasteiger partial charge in [-0.3, -0.25) is 19.8 Å². The number of rotatable bonds is 7. The van der Waals surface area contributed by atoms with Crippen molar-refractivity contribution in [2.75, 3.05) is 26.2 Å². The van der Waals surface area contributed by atoms with E-state index < -0.39 is 12.0 Å². The lowest BCUT2D eigenvalue weighted by atomic mass is 10.1. The zero-order chi connectivity index (χ0) is 15.0. The number of urea groups is 1. The second-order valence-corrected chi connectivity index (χ2v) is 5.15. The quantitative estimate of drug-likeness (QED) is 0.588. The fourth-order valence-electron chi connectivity index (χ4n) is 2.26. The van der Waals surface area contributed by atoms with Crippen LogP contribution in [0.1, 0.15) is 32.6 Å². The average molecular weight is 285 g/mol. The Labute approximate surface area is 118 Å². The fourth-order valence-corrected chi connectivity index (χ4v) is 2.26. The number of carboxylic acids is 1. The Hall–Kier alpha value is -1.63. The Morgan fingerprint density at radius 2 is 2.10 bits per heavy atom. The zero-order valence-corrected chi connectivity index (χ0v) is 11.9. The first kappa shape index (κ1) is 16.4. The number of likely N-dealkylation sites (tertiary alicyclic amines) is 1. The van der Waals surface area contributed by atoms with E-state index in [2.05, 4.69) is 10.6 Å². The molecular formula is C13H23N3O4. The molecule has 1 heterocycles. The van der Waals surface area contributed by atoms with Gasteiger partial charge in [0, 0.05) is 19.5 Å². The number of nitrogens with zero attached hydrogens (tertiary/aromatic N) is 1. The van der Waals surface area contributed by atoms with E-state index in [1.54, 1.807) is 0 Å². The molecule has 1 fully saturated rings. The topological polar surface area (TPSA) is 98.7 Å². The molecular weight excluding hydrogens is 262 g/mol. The smallest absolute Gasteiger partial charge is 0.321 e. The van der Waals surface area contributed by atoms with Crippen molar-refractivity contribution in [1.29, 1.82) is 0 Å². The van der Waals surface area contributed by atoms with Crippen LogP contribution in [-0.2, 0) is 9.59 Å². The van der Waals surface area contributed by atoms with E-state index in [0.29, 0.717) is 19.6 Å². The third kappa shape index (κ3) is 6.51. The number of nitrogens with one attached hydrogen (secondary N) is 2. The first-order chi connectivity index (χ1) is 9.51. The van der Waals surface area contributed by atoms with Crippen molar-refractivity contribution in [3.8, 4) is 0 Å². The van der Waals surface area contributed by atoms with Crippen LogP contribution in [0.2, 0.25) is 0 Å². The van der Waals surface area contributed by atoms with E-state index in [-0.39, 0.29) is 24.8 Å². The molecule has 1 rings (SSSR count). The van der Waals surface area contributed by atoms with Gasteiger partial charge in [0.15, 0.2) is 0 Å². The lowest BCUT2D eigenvalue weighted by Crippen LogP contribution is -2.44. The van der Waals surface area contributed by atoms with E-state index in [9.17, 15) is 14.4 Å². The molecule has 114 valence electrons. The lowest BCUT2D eigenvalue weighted by molar-refractivity contribution is -0.138. The average Bonchev–Trinajstić information content (AvgIpc) is 2.75. The minimum absolute atomic E-state index is 0.0960. The normalized spacial score (nSPS) is 18.8. The van der Waals surface area contributed by atoms with E-state index >= 15 is 0 Å². The summed E-state index contributed by atoms with van der Waals surface area (Å²) >= 11 is 0. The predicted molar refractivity (Wildman–Crippen MR) is 73.2 cm³/mol. The molecule has 1 atom stereocenters. The maximum absolute atomic E-state index is 11.6. The second-order valence-electron chi connectivity index (χ2n) is 5.15. The van der Waals surface area contributed by atoms with Crippen molar-refractivity contribution in [1.82, 2.24) is 15.5 Å². The van der Waals surface area contributed by atoms with Crippen LogP contribution in [0.3, 0.4) is 0 Å². The number of aliphatic carboxylic acids is 1. The van der Waals surface area contributed by atoms with Crippen LogP contribution < -0.4 is 10.6 Å². The van der Waals surface area contributed by atoms with E-state index in [4.69, 9.17) is 5.11 Å². The van der Waals surface area contributed by atoms with Gasteiger partial charge >= 0.3 is 12.0 Å². The van der Waals surface area contributed by atoms with Crippen molar-refractivity contribution in [3.63, 3.8) is 0 Å². The van der Waals surface area contributed by atoms with Crippen LogP contribution in [0.4, 0.5) is 4.79 Å². The van der Waals surface area contributed by atoms with Gasteiger partial charge in [-0.15, -0.1) is 0 Å². The summed E-state index contributed by atoms with van der Waals surface area (Å²) < 4.78 is 0. The number of hydrogen-bond acceptors (Lipinski definition) is 4. The number of carbonyl (C=O) groups excluding carboxylic acids is 2. The van der Waals surface area contributed by atoms with Crippen LogP contribution >= 0.6 is 0 Å². The highest BCUT2D eigenvalue weighted by Crippen LogP contribution is 2.18. The SMILES string of the molecule is CCCCNC(=O)NC(=O)CN1CCC(CC(=O)O)C1. The third-order valence-corrected chi connectivity index (χ3v) is 3.27. The lowest BCUT2D eigenvalue weighted by Gasteiger charge is -2.15. The Morgan fingerprint density at radius 1 is 1.35 bits per heavy atom. The maximum atomic E-state index is 11.6. The van der Waals surface area contributed by atoms with Crippen molar-refractivity contribution in [2.45, 2.75) is 32.6 Å². The minimum atomic E-state index is -0.809. The summed E-state index contributed by atoms with van der Waals surface area (Å²) in [6.45, 7) is 4.00. The molecule has 1 aliphatic rings. The van der Waals surface area contributed by atoms with Crippen LogP contribution in [-0.4, -0.2) is 54.1 Å². The number of amides is 3. The summed E-state index contributed by atoms with van der Waals surface area (Å²) in [6.07, 6.45) is 2.77. The molecule has 20 heavy (non-hydrogen) atoms. The number of carboxylic acid groups (broad SMARTS) is 1. The van der Waals surface area contributed by atoms with Crippen LogP contribution in [0.25, 0.3) is 0 Å². The summed E-state index contributed by atoms with van der Waals surface area (Å²) in [7, 11) is 0. The first-order valence-corrected chi connectivity index (χ1v) is 7.03. The number of imide groups is 1. The third-order valence-electron chi connectivity index (χ3n) is 3.27. The summed E-state index contributed by atoms with van der Waals surface area (Å²) in [4.78, 5) is 35.5. The second kappa shape index (κ2) is 8.52. The summed E-state index contributed by atoms with van der Waals surface area (Å²) in [5.74, 6) is -1.06. The van der Waals surface area contributed by atoms with Crippen molar-refractivity contribution < 1.29 is 19.5 Å². The number of carbonyl (C=O) groups is 3. The van der Waals surface area contributed by atoms with Gasteiger partial charge in [-0.25, -0.2) is 4.79 Å². The van der Waals surface area contributed by atoms with Gasteiger partial charge in [-0.05, 0) is 25.3 Å². The van der Waals surface area contributed by atoms with Gasteiger partial charge in [0.2, 0.25) is 5.91 Å². The monoisotopic (exact) mass is 285 g/mol. The van der Waals surface area contributed by atoms with Gasteiger partial charge in [0.25, 0.3) is 0 Å². The molecule has 3 amide bonds. The van der Waals surface area contributed by atoms with Crippen molar-refractivity contribution in [3.05, 3.63) is 0 Å². The molecule has 0 radical (unpaired) electrons. The molecule has 0 spiro atoms. The summed E-state index contributed by atoms with van der Waals surface area (Å²) in [5, 5.41) is 13.6. The number of hydrogen-bond donors (Lipinski definition) is 3. The molecule has 0 aromatic heterocycles.